The first-order chi connectivity index (χ1) is 11.9. The molecule has 1 saturated heterocycles. The largest absolute Gasteiger partial charge is 0.469 e. The summed E-state index contributed by atoms with van der Waals surface area (Å²) in [7, 11) is -3.25. The maximum atomic E-state index is 12.2. The zero-order chi connectivity index (χ0) is 18.3. The molecule has 1 aliphatic heterocycles. The smallest absolute Gasteiger partial charge is 0.216 e. The Bertz CT molecular complexity index is 641. The molecule has 8 heteroatoms. The van der Waals surface area contributed by atoms with Crippen LogP contribution in [0.15, 0.2) is 27.8 Å². The lowest BCUT2D eigenvalue weighted by molar-refractivity contribution is 0.476. The Labute approximate surface area is 150 Å². The second kappa shape index (κ2) is 9.24. The van der Waals surface area contributed by atoms with E-state index in [0.717, 1.165) is 18.1 Å². The van der Waals surface area contributed by atoms with Crippen molar-refractivity contribution in [3.63, 3.8) is 0 Å². The van der Waals surface area contributed by atoms with Crippen molar-refractivity contribution in [1.82, 2.24) is 14.9 Å². The lowest BCUT2D eigenvalue weighted by atomic mass is 10.2. The van der Waals surface area contributed by atoms with Gasteiger partial charge in [-0.1, -0.05) is 20.8 Å². The van der Waals surface area contributed by atoms with E-state index in [9.17, 15) is 8.42 Å². The van der Waals surface area contributed by atoms with E-state index in [1.165, 1.54) is 0 Å². The summed E-state index contributed by atoms with van der Waals surface area (Å²) in [5.74, 6) is 2.16. The fourth-order valence-corrected chi connectivity index (χ4v) is 4.21. The third kappa shape index (κ3) is 6.04. The summed E-state index contributed by atoms with van der Waals surface area (Å²) in [6, 6.07) is 3.82. The van der Waals surface area contributed by atoms with E-state index in [4.69, 9.17) is 4.42 Å². The van der Waals surface area contributed by atoms with E-state index in [1.807, 2.05) is 17.0 Å². The number of sulfonamides is 1. The number of rotatable bonds is 8. The molecule has 1 aromatic rings. The number of aliphatic imine (C=N–C) groups is 1. The second-order valence-corrected chi connectivity index (χ2v) is 8.76. The summed E-state index contributed by atoms with van der Waals surface area (Å²) < 4.78 is 32.4. The van der Waals surface area contributed by atoms with Crippen molar-refractivity contribution in [3.8, 4) is 0 Å². The zero-order valence-electron chi connectivity index (χ0n) is 15.4. The fourth-order valence-electron chi connectivity index (χ4n) is 2.78. The van der Waals surface area contributed by atoms with Gasteiger partial charge in [0.2, 0.25) is 10.0 Å². The van der Waals surface area contributed by atoms with Gasteiger partial charge in [0.25, 0.3) is 0 Å². The van der Waals surface area contributed by atoms with Crippen LogP contribution in [0.1, 0.15) is 33.0 Å². The van der Waals surface area contributed by atoms with Crippen LogP contribution >= 0.6 is 0 Å². The molecule has 1 aromatic heterocycles. The fraction of sp³-hybridized carbons (Fsp3) is 0.706. The average Bonchev–Trinajstić information content (AvgIpc) is 3.22. The third-order valence-corrected chi connectivity index (χ3v) is 6.02. The molecule has 0 bridgehead atoms. The highest BCUT2D eigenvalue weighted by Gasteiger charge is 2.33. The van der Waals surface area contributed by atoms with Crippen LogP contribution < -0.4 is 10.0 Å². The molecule has 2 rings (SSSR count). The van der Waals surface area contributed by atoms with Crippen LogP contribution in [-0.2, 0) is 16.4 Å². The molecule has 2 heterocycles. The molecule has 1 aliphatic rings. The molecule has 1 unspecified atom stereocenters. The lowest BCUT2D eigenvalue weighted by Crippen LogP contribution is -2.43. The Morgan fingerprint density at radius 3 is 2.92 bits per heavy atom. The average molecular weight is 371 g/mol. The minimum absolute atomic E-state index is 0.386. The van der Waals surface area contributed by atoms with E-state index < -0.39 is 10.0 Å². The molecular formula is C17H30N4O3S. The van der Waals surface area contributed by atoms with Crippen molar-refractivity contribution in [2.75, 3.05) is 32.7 Å². The highest BCUT2D eigenvalue weighted by Crippen LogP contribution is 2.16. The molecule has 1 fully saturated rings. The van der Waals surface area contributed by atoms with E-state index in [1.54, 1.807) is 13.2 Å². The van der Waals surface area contributed by atoms with Gasteiger partial charge in [-0.2, -0.15) is 0 Å². The molecule has 2 N–H and O–H groups in total. The standard InChI is InChI=1S/C17H30N4O3S/c1-4-20-25(22,23)16-8-10-21(13-16)17(19-12-14(2)3)18-9-7-15-6-5-11-24-15/h5-6,11,14,16,20H,4,7-10,12-13H2,1-3H3,(H,18,19). The summed E-state index contributed by atoms with van der Waals surface area (Å²) in [4.78, 5) is 6.72. The van der Waals surface area contributed by atoms with Gasteiger partial charge >= 0.3 is 0 Å². The predicted molar refractivity (Wildman–Crippen MR) is 100 cm³/mol. The van der Waals surface area contributed by atoms with E-state index in [-0.39, 0.29) is 5.25 Å². The molecule has 0 radical (unpaired) electrons. The van der Waals surface area contributed by atoms with Gasteiger partial charge < -0.3 is 14.6 Å². The van der Waals surface area contributed by atoms with Gasteiger partial charge in [-0.05, 0) is 24.5 Å². The molecule has 25 heavy (non-hydrogen) atoms. The van der Waals surface area contributed by atoms with Crippen LogP contribution in [0, 0.1) is 5.92 Å². The predicted octanol–water partition coefficient (Wildman–Crippen LogP) is 1.44. The number of hydrogen-bond donors (Lipinski definition) is 2. The Morgan fingerprint density at radius 1 is 1.48 bits per heavy atom. The van der Waals surface area contributed by atoms with Crippen LogP contribution in [0.5, 0.6) is 0 Å². The molecule has 0 aliphatic carbocycles. The highest BCUT2D eigenvalue weighted by molar-refractivity contribution is 7.90. The topological polar surface area (TPSA) is 86.9 Å². The monoisotopic (exact) mass is 370 g/mol. The van der Waals surface area contributed by atoms with E-state index in [0.29, 0.717) is 45.1 Å². The first kappa shape index (κ1) is 19.8. The van der Waals surface area contributed by atoms with E-state index >= 15 is 0 Å². The summed E-state index contributed by atoms with van der Waals surface area (Å²) in [6.07, 6.45) is 3.05. The first-order valence-corrected chi connectivity index (χ1v) is 10.5. The lowest BCUT2D eigenvalue weighted by Gasteiger charge is -2.22. The van der Waals surface area contributed by atoms with Gasteiger partial charge in [0.1, 0.15) is 5.76 Å². The van der Waals surface area contributed by atoms with Crippen LogP contribution in [0.3, 0.4) is 0 Å². The number of hydrogen-bond acceptors (Lipinski definition) is 4. The quantitative estimate of drug-likeness (QED) is 0.534. The molecule has 0 saturated carbocycles. The van der Waals surface area contributed by atoms with Gasteiger partial charge in [-0.15, -0.1) is 0 Å². The van der Waals surface area contributed by atoms with Crippen LogP contribution in [0.25, 0.3) is 0 Å². The Balaban J connectivity index is 1.97. The van der Waals surface area contributed by atoms with Crippen LogP contribution in [0.4, 0.5) is 0 Å². The van der Waals surface area contributed by atoms with Crippen molar-refractivity contribution in [3.05, 3.63) is 24.2 Å². The molecule has 0 amide bonds. The maximum absolute atomic E-state index is 12.2. The second-order valence-electron chi connectivity index (χ2n) is 6.71. The van der Waals surface area contributed by atoms with Crippen molar-refractivity contribution < 1.29 is 12.8 Å². The van der Waals surface area contributed by atoms with Gasteiger partial charge in [0.05, 0.1) is 11.5 Å². The van der Waals surface area contributed by atoms with Gasteiger partial charge in [-0.25, -0.2) is 13.1 Å². The minimum atomic E-state index is -3.25. The molecule has 142 valence electrons. The maximum Gasteiger partial charge on any atom is 0.216 e. The Kier molecular flexibility index (Phi) is 7.31. The molecule has 1 atom stereocenters. The molecule has 0 spiro atoms. The van der Waals surface area contributed by atoms with Crippen LogP contribution in [-0.4, -0.2) is 57.3 Å². The van der Waals surface area contributed by atoms with Crippen molar-refractivity contribution >= 4 is 16.0 Å². The normalized spacial score (nSPS) is 19.0. The van der Waals surface area contributed by atoms with Gasteiger partial charge in [0, 0.05) is 39.1 Å². The Morgan fingerprint density at radius 2 is 2.28 bits per heavy atom. The number of nitrogens with zero attached hydrogens (tertiary/aromatic N) is 2. The van der Waals surface area contributed by atoms with E-state index in [2.05, 4.69) is 28.9 Å². The molecule has 0 aromatic carbocycles. The van der Waals surface area contributed by atoms with Gasteiger partial charge in [-0.3, -0.25) is 4.99 Å². The zero-order valence-corrected chi connectivity index (χ0v) is 16.2. The summed E-state index contributed by atoms with van der Waals surface area (Å²) >= 11 is 0. The first-order valence-electron chi connectivity index (χ1n) is 8.96. The van der Waals surface area contributed by atoms with Crippen LogP contribution in [0.2, 0.25) is 0 Å². The Hall–Kier alpha value is -1.54. The third-order valence-electron chi connectivity index (χ3n) is 4.07. The van der Waals surface area contributed by atoms with Crippen molar-refractivity contribution in [1.29, 1.82) is 0 Å². The molecule has 7 nitrogen and oxygen atoms in total. The van der Waals surface area contributed by atoms with Crippen molar-refractivity contribution in [2.45, 2.75) is 38.9 Å². The van der Waals surface area contributed by atoms with Gasteiger partial charge in [0.15, 0.2) is 5.96 Å². The van der Waals surface area contributed by atoms with Crippen molar-refractivity contribution in [2.24, 2.45) is 10.9 Å². The summed E-state index contributed by atoms with van der Waals surface area (Å²) in [6.45, 7) is 9.04. The number of furan rings is 1. The number of nitrogens with one attached hydrogen (secondary N) is 2. The number of likely N-dealkylation sites (tertiary alicyclic amines) is 1. The SMILES string of the molecule is CCNS(=O)(=O)C1CCN(C(=NCC(C)C)NCCc2ccco2)C1. The number of guanidine groups is 1. The molecular weight excluding hydrogens is 340 g/mol. The summed E-state index contributed by atoms with van der Waals surface area (Å²) in [5.41, 5.74) is 0. The minimum Gasteiger partial charge on any atom is -0.469 e. The summed E-state index contributed by atoms with van der Waals surface area (Å²) in [5, 5.41) is 2.97. The highest BCUT2D eigenvalue weighted by atomic mass is 32.2.